The smallest absolute Gasteiger partial charge is 0.329 e. The number of piperidine rings is 1. The van der Waals surface area contributed by atoms with E-state index in [0.717, 1.165) is 9.80 Å². The molecule has 0 spiro atoms. The second kappa shape index (κ2) is 25.0. The summed E-state index contributed by atoms with van der Waals surface area (Å²) in [4.78, 5) is 128. The number of nitrogens with one attached hydrogen (secondary N) is 6. The number of esters is 1. The summed E-state index contributed by atoms with van der Waals surface area (Å²) < 4.78 is 5.85. The Hall–Kier alpha value is -6.83. The van der Waals surface area contributed by atoms with E-state index in [9.17, 15) is 53.4 Å². The Morgan fingerprint density at radius 1 is 0.826 bits per heavy atom. The van der Waals surface area contributed by atoms with Gasteiger partial charge in [0.15, 0.2) is 0 Å². The Labute approximate surface area is 402 Å². The number of carbonyl (C=O) groups is 9. The minimum Gasteiger partial charge on any atom is -0.508 e. The van der Waals surface area contributed by atoms with Gasteiger partial charge in [0.1, 0.15) is 66.1 Å². The number of hydrogen-bond acceptors (Lipinski definition) is 12. The van der Waals surface area contributed by atoms with Crippen LogP contribution in [0.25, 0.3) is 0 Å². The van der Waals surface area contributed by atoms with Gasteiger partial charge in [0.25, 0.3) is 11.8 Å². The van der Waals surface area contributed by atoms with E-state index in [-0.39, 0.29) is 49.5 Å². The van der Waals surface area contributed by atoms with E-state index >= 15 is 0 Å². The second-order valence-corrected chi connectivity index (χ2v) is 18.2. The fourth-order valence-corrected chi connectivity index (χ4v) is 8.03. The number of benzene rings is 2. The Morgan fingerprint density at radius 2 is 1.45 bits per heavy atom. The predicted molar refractivity (Wildman–Crippen MR) is 252 cm³/mol. The van der Waals surface area contributed by atoms with Crippen LogP contribution in [0.2, 0.25) is 0 Å². The van der Waals surface area contributed by atoms with Gasteiger partial charge in [0.2, 0.25) is 35.4 Å². The third-order valence-corrected chi connectivity index (χ3v) is 12.1. The van der Waals surface area contributed by atoms with Gasteiger partial charge in [-0.25, -0.2) is 4.79 Å². The van der Waals surface area contributed by atoms with Crippen LogP contribution in [0.15, 0.2) is 66.4 Å². The number of amides is 8. The van der Waals surface area contributed by atoms with Gasteiger partial charge in [0.05, 0.1) is 0 Å². The molecule has 20 nitrogen and oxygen atoms in total. The quantitative estimate of drug-likeness (QED) is 0.102. The highest BCUT2D eigenvalue weighted by Gasteiger charge is 2.45. The third-order valence-electron chi connectivity index (χ3n) is 12.1. The summed E-state index contributed by atoms with van der Waals surface area (Å²) in [5.41, 5.74) is 0.751. The minimum absolute atomic E-state index is 0.0522. The molecule has 2 aromatic carbocycles. The SMILES string of the molecule is C/C=C1\NC(=O)[C@@H](NC(=O)[C@@H](NC(=O)[C@H](C)NC(=O)CCC)C(C)C)[C@H](C)OC(=O)[C@H](C(C)C)NC(=O)[C@H](Cc2ccc(O)cc2)N(C)C(=O)[C@H](Cc2ccccc2)N2C(=O)[C@H](CC[C@H]2O)NC1=O. The summed E-state index contributed by atoms with van der Waals surface area (Å²) in [6.07, 6.45) is -1.44. The topological polar surface area (TPSA) is 282 Å². The van der Waals surface area contributed by atoms with Crippen molar-refractivity contribution in [2.24, 2.45) is 11.8 Å². The normalized spacial score (nSPS) is 24.8. The average Bonchev–Trinajstić information content (AvgIpc) is 3.30. The molecule has 0 unspecified atom stereocenters. The van der Waals surface area contributed by atoms with E-state index < -0.39 is 114 Å². The Bertz CT molecular complexity index is 2220. The number of aliphatic hydroxyl groups is 1. The zero-order valence-corrected chi connectivity index (χ0v) is 40.7. The van der Waals surface area contributed by atoms with Crippen LogP contribution in [0.1, 0.15) is 92.2 Å². The number of ether oxygens (including phenoxy) is 1. The van der Waals surface area contributed by atoms with Gasteiger partial charge >= 0.3 is 5.97 Å². The molecule has 376 valence electrons. The predicted octanol–water partition coefficient (Wildman–Crippen LogP) is 0.835. The van der Waals surface area contributed by atoms with Gasteiger partial charge in [-0.15, -0.1) is 0 Å². The molecule has 2 aromatic rings. The molecule has 8 N–H and O–H groups in total. The lowest BCUT2D eigenvalue weighted by Crippen LogP contribution is -2.64. The van der Waals surface area contributed by atoms with E-state index in [1.165, 1.54) is 46.0 Å². The summed E-state index contributed by atoms with van der Waals surface area (Å²) in [7, 11) is 1.36. The van der Waals surface area contributed by atoms with E-state index in [0.29, 0.717) is 17.5 Å². The van der Waals surface area contributed by atoms with E-state index in [2.05, 4.69) is 31.9 Å². The van der Waals surface area contributed by atoms with Gasteiger partial charge < -0.3 is 56.7 Å². The van der Waals surface area contributed by atoms with Crippen molar-refractivity contribution < 1.29 is 58.1 Å². The van der Waals surface area contributed by atoms with E-state index in [1.807, 2.05) is 0 Å². The van der Waals surface area contributed by atoms with Crippen LogP contribution in [-0.2, 0) is 60.7 Å². The van der Waals surface area contributed by atoms with Crippen molar-refractivity contribution in [1.82, 2.24) is 41.7 Å². The number of hydrogen-bond donors (Lipinski definition) is 8. The summed E-state index contributed by atoms with van der Waals surface area (Å²) in [5.74, 6) is -8.62. The number of allylic oxidation sites excluding steroid dienone is 1. The van der Waals surface area contributed by atoms with Crippen LogP contribution < -0.4 is 31.9 Å². The van der Waals surface area contributed by atoms with Gasteiger partial charge in [0, 0.05) is 26.3 Å². The average molecular weight is 961 g/mol. The molecule has 69 heavy (non-hydrogen) atoms. The Balaban J connectivity index is 1.82. The van der Waals surface area contributed by atoms with Crippen molar-refractivity contribution in [3.8, 4) is 5.75 Å². The zero-order chi connectivity index (χ0) is 51.3. The molecule has 8 amide bonds. The molecule has 0 saturated carbocycles. The highest BCUT2D eigenvalue weighted by molar-refractivity contribution is 6.03. The maximum absolute atomic E-state index is 15.0. The van der Waals surface area contributed by atoms with Gasteiger partial charge in [-0.05, 0) is 75.1 Å². The number of phenols is 1. The van der Waals surface area contributed by atoms with Crippen LogP contribution in [0.4, 0.5) is 0 Å². The maximum Gasteiger partial charge on any atom is 0.329 e. The number of rotatable bonds is 13. The first-order chi connectivity index (χ1) is 32.6. The first kappa shape index (κ1) is 54.8. The highest BCUT2D eigenvalue weighted by Crippen LogP contribution is 2.25. The van der Waals surface area contributed by atoms with Gasteiger partial charge in [-0.3, -0.25) is 38.4 Å². The summed E-state index contributed by atoms with van der Waals surface area (Å²) in [6, 6.07) is 5.03. The number of aromatic hydroxyl groups is 1. The number of aliphatic hydroxyl groups excluding tert-OH is 1. The lowest BCUT2D eigenvalue weighted by Gasteiger charge is -2.43. The zero-order valence-electron chi connectivity index (χ0n) is 40.7. The summed E-state index contributed by atoms with van der Waals surface area (Å²) in [5, 5.41) is 37.1. The van der Waals surface area contributed by atoms with Gasteiger partial charge in [-0.2, -0.15) is 0 Å². The van der Waals surface area contributed by atoms with Crippen molar-refractivity contribution in [3.63, 3.8) is 0 Å². The Kier molecular flexibility index (Phi) is 19.8. The molecule has 9 atom stereocenters. The maximum atomic E-state index is 15.0. The number of likely N-dealkylation sites (N-methyl/N-ethyl adjacent to an activating group) is 1. The molecule has 2 heterocycles. The molecule has 2 aliphatic heterocycles. The number of carbonyl (C=O) groups excluding carboxylic acids is 9. The number of fused-ring (bicyclic) bond motifs is 2. The van der Waals surface area contributed by atoms with Crippen LogP contribution in [0.5, 0.6) is 5.75 Å². The van der Waals surface area contributed by atoms with E-state index in [4.69, 9.17) is 4.74 Å². The molecule has 2 saturated heterocycles. The summed E-state index contributed by atoms with van der Waals surface area (Å²) in [6.45, 7) is 12.5. The first-order valence-corrected chi connectivity index (χ1v) is 23.4. The van der Waals surface area contributed by atoms with Crippen molar-refractivity contribution in [3.05, 3.63) is 77.5 Å². The molecule has 20 heteroatoms. The van der Waals surface area contributed by atoms with Crippen LogP contribution >= 0.6 is 0 Å². The van der Waals surface area contributed by atoms with Crippen molar-refractivity contribution in [2.45, 2.75) is 149 Å². The molecule has 0 aromatic heterocycles. The fourth-order valence-electron chi connectivity index (χ4n) is 8.03. The molecular formula is C49H68N8O12. The van der Waals surface area contributed by atoms with Crippen LogP contribution in [-0.4, -0.2) is 135 Å². The fraction of sp³-hybridized carbons (Fsp3) is 0.531. The molecule has 2 aliphatic rings. The molecule has 0 radical (unpaired) electrons. The number of nitrogens with zero attached hydrogens (tertiary/aromatic N) is 2. The number of phenolic OH excluding ortho intramolecular Hbond substituents is 1. The van der Waals surface area contributed by atoms with Crippen LogP contribution in [0.3, 0.4) is 0 Å². The molecule has 4 rings (SSSR count). The van der Waals surface area contributed by atoms with Crippen molar-refractivity contribution >= 4 is 53.2 Å². The lowest BCUT2D eigenvalue weighted by molar-refractivity contribution is -0.165. The standard InChI is InChI=1S/C49H68N8O12/c1-10-15-37(59)50-28(7)42(61)53-39(26(3)4)45(64)55-41-29(8)69-49(68)40(27(5)6)54-44(63)35(24-31-18-20-32(58)21-19-31)56(9)48(67)36(25-30-16-13-12-14-17-30)57-38(60)23-22-34(47(57)66)52-43(62)33(11-2)51-46(41)65/h11-14,16-21,26-29,34-36,38-41,58,60H,10,15,22-25H2,1-9H3,(H,50,59)(H,51,65)(H,52,62)(H,53,61)(H,54,63)(H,55,64)/b33-11-/t28-,29-,34-,35-,36-,38+,39-,40-,41-/m0/s1. The third kappa shape index (κ3) is 14.6. The minimum atomic E-state index is -1.75. The first-order valence-electron chi connectivity index (χ1n) is 23.4. The van der Waals surface area contributed by atoms with E-state index in [1.54, 1.807) is 77.1 Å². The Morgan fingerprint density at radius 3 is 2.04 bits per heavy atom. The monoisotopic (exact) mass is 960 g/mol. The largest absolute Gasteiger partial charge is 0.508 e. The number of cyclic esters (lactones) is 1. The summed E-state index contributed by atoms with van der Waals surface area (Å²) >= 11 is 0. The van der Waals surface area contributed by atoms with Crippen molar-refractivity contribution in [2.75, 3.05) is 7.05 Å². The highest BCUT2D eigenvalue weighted by atomic mass is 16.5. The molecular weight excluding hydrogens is 893 g/mol. The molecule has 2 fully saturated rings. The molecule has 0 aliphatic carbocycles. The second-order valence-electron chi connectivity index (χ2n) is 18.2. The van der Waals surface area contributed by atoms with Gasteiger partial charge in [-0.1, -0.05) is 83.2 Å². The lowest BCUT2D eigenvalue weighted by atomic mass is 9.95. The van der Waals surface area contributed by atoms with Crippen LogP contribution in [0, 0.1) is 11.8 Å². The van der Waals surface area contributed by atoms with Crippen molar-refractivity contribution in [1.29, 1.82) is 0 Å². The molecule has 2 bridgehead atoms.